The number of nitrogens with zero attached hydrogens (tertiary/aromatic N) is 3. The van der Waals surface area contributed by atoms with E-state index in [1.54, 1.807) is 11.8 Å². The predicted molar refractivity (Wildman–Crippen MR) is 131 cm³/mol. The highest BCUT2D eigenvalue weighted by atomic mass is 35.5. The molecule has 3 rings (SSSR count). The third-order valence-electron chi connectivity index (χ3n) is 4.68. The standard InChI is InChI=1S/C23H28ClN3OS2/c1-17-7-10-19(11-8-17)29-15-4-6-22(28)27(14-5-13-26(2)3)23-25-20-12-9-18(24)16-21(20)30-23/h7-12,16H,4-6,13-15H2,1-3H3. The summed E-state index contributed by atoms with van der Waals surface area (Å²) in [5.74, 6) is 1.07. The number of thioether (sulfide) groups is 1. The third kappa shape index (κ3) is 6.71. The van der Waals surface area contributed by atoms with Gasteiger partial charge in [0.15, 0.2) is 5.13 Å². The first-order chi connectivity index (χ1) is 14.4. The molecule has 0 bridgehead atoms. The summed E-state index contributed by atoms with van der Waals surface area (Å²) in [6.45, 7) is 3.70. The van der Waals surface area contributed by atoms with E-state index in [0.717, 1.165) is 40.5 Å². The number of anilines is 1. The Bertz CT molecular complexity index is 972. The molecule has 4 nitrogen and oxygen atoms in total. The van der Waals surface area contributed by atoms with E-state index in [0.29, 0.717) is 18.0 Å². The van der Waals surface area contributed by atoms with Crippen molar-refractivity contribution in [2.45, 2.75) is 31.1 Å². The van der Waals surface area contributed by atoms with Gasteiger partial charge >= 0.3 is 0 Å². The summed E-state index contributed by atoms with van der Waals surface area (Å²) in [7, 11) is 4.10. The number of thiazole rings is 1. The maximum Gasteiger partial charge on any atom is 0.228 e. The van der Waals surface area contributed by atoms with Gasteiger partial charge in [-0.2, -0.15) is 0 Å². The zero-order chi connectivity index (χ0) is 21.5. The van der Waals surface area contributed by atoms with Crippen molar-refractivity contribution in [2.24, 2.45) is 0 Å². The van der Waals surface area contributed by atoms with E-state index in [1.807, 2.05) is 37.2 Å². The highest BCUT2D eigenvalue weighted by Crippen LogP contribution is 2.31. The quantitative estimate of drug-likeness (QED) is 0.269. The van der Waals surface area contributed by atoms with Gasteiger partial charge in [-0.15, -0.1) is 11.8 Å². The number of carbonyl (C=O) groups is 1. The second kappa shape index (κ2) is 11.1. The predicted octanol–water partition coefficient (Wildman–Crippen LogP) is 6.12. The molecule has 0 unspecified atom stereocenters. The van der Waals surface area contributed by atoms with E-state index in [9.17, 15) is 4.79 Å². The zero-order valence-electron chi connectivity index (χ0n) is 17.7. The minimum atomic E-state index is 0.142. The number of carbonyl (C=O) groups excluding carboxylic acids is 1. The molecule has 160 valence electrons. The van der Waals surface area contributed by atoms with Crippen LogP contribution < -0.4 is 4.90 Å². The summed E-state index contributed by atoms with van der Waals surface area (Å²) in [6, 6.07) is 14.2. The maximum absolute atomic E-state index is 13.1. The summed E-state index contributed by atoms with van der Waals surface area (Å²) in [6.07, 6.45) is 2.28. The minimum Gasteiger partial charge on any atom is -0.309 e. The van der Waals surface area contributed by atoms with E-state index in [2.05, 4.69) is 36.1 Å². The van der Waals surface area contributed by atoms with Crippen molar-refractivity contribution >= 4 is 56.0 Å². The summed E-state index contributed by atoms with van der Waals surface area (Å²) >= 11 is 9.46. The van der Waals surface area contributed by atoms with E-state index >= 15 is 0 Å². The highest BCUT2D eigenvalue weighted by Gasteiger charge is 2.19. The molecule has 0 fully saturated rings. The lowest BCUT2D eigenvalue weighted by Crippen LogP contribution is -2.33. The molecule has 0 aliphatic carbocycles. The van der Waals surface area contributed by atoms with E-state index < -0.39 is 0 Å². The van der Waals surface area contributed by atoms with Gasteiger partial charge in [-0.25, -0.2) is 4.98 Å². The number of fused-ring (bicyclic) bond motifs is 1. The van der Waals surface area contributed by atoms with Gasteiger partial charge < -0.3 is 4.90 Å². The van der Waals surface area contributed by atoms with Crippen molar-refractivity contribution in [3.05, 3.63) is 53.1 Å². The Hall–Kier alpha value is -1.60. The van der Waals surface area contributed by atoms with Gasteiger partial charge in [0, 0.05) is 22.9 Å². The van der Waals surface area contributed by atoms with Crippen molar-refractivity contribution in [1.29, 1.82) is 0 Å². The molecule has 1 amide bonds. The van der Waals surface area contributed by atoms with Crippen molar-refractivity contribution < 1.29 is 4.79 Å². The maximum atomic E-state index is 13.1. The van der Waals surface area contributed by atoms with E-state index in [4.69, 9.17) is 16.6 Å². The van der Waals surface area contributed by atoms with Crippen LogP contribution in [0.4, 0.5) is 5.13 Å². The summed E-state index contributed by atoms with van der Waals surface area (Å²) < 4.78 is 1.01. The fraction of sp³-hybridized carbons (Fsp3) is 0.391. The smallest absolute Gasteiger partial charge is 0.228 e. The molecule has 0 aliphatic rings. The molecule has 0 aliphatic heterocycles. The summed E-state index contributed by atoms with van der Waals surface area (Å²) in [4.78, 5) is 23.0. The number of halogens is 1. The van der Waals surface area contributed by atoms with Gasteiger partial charge in [-0.1, -0.05) is 40.6 Å². The average Bonchev–Trinajstić information content (AvgIpc) is 3.12. The molecule has 0 N–H and O–H groups in total. The Balaban J connectivity index is 1.62. The van der Waals surface area contributed by atoms with Crippen molar-refractivity contribution in [3.63, 3.8) is 0 Å². The summed E-state index contributed by atoms with van der Waals surface area (Å²) in [5.41, 5.74) is 2.15. The van der Waals surface area contributed by atoms with Gasteiger partial charge in [0.2, 0.25) is 5.91 Å². The van der Waals surface area contributed by atoms with Crippen LogP contribution in [0.1, 0.15) is 24.8 Å². The van der Waals surface area contributed by atoms with Crippen LogP contribution in [0.25, 0.3) is 10.2 Å². The lowest BCUT2D eigenvalue weighted by Gasteiger charge is -2.21. The number of rotatable bonds is 10. The molecule has 2 aromatic carbocycles. The molecular formula is C23H28ClN3OS2. The molecule has 0 spiro atoms. The van der Waals surface area contributed by atoms with Crippen molar-refractivity contribution in [1.82, 2.24) is 9.88 Å². The largest absolute Gasteiger partial charge is 0.309 e. The van der Waals surface area contributed by atoms with Crippen LogP contribution >= 0.6 is 34.7 Å². The molecule has 0 atom stereocenters. The minimum absolute atomic E-state index is 0.142. The molecule has 1 heterocycles. The van der Waals surface area contributed by atoms with Crippen LogP contribution in [0.5, 0.6) is 0 Å². The molecule has 1 aromatic heterocycles. The van der Waals surface area contributed by atoms with Gasteiger partial charge in [0.1, 0.15) is 0 Å². The molecule has 7 heteroatoms. The normalized spacial score (nSPS) is 11.4. The number of aryl methyl sites for hydroxylation is 1. The Kier molecular flexibility index (Phi) is 8.57. The number of benzene rings is 2. The lowest BCUT2D eigenvalue weighted by molar-refractivity contribution is -0.118. The molecule has 0 saturated heterocycles. The average molecular weight is 462 g/mol. The first-order valence-electron chi connectivity index (χ1n) is 10.1. The monoisotopic (exact) mass is 461 g/mol. The SMILES string of the molecule is Cc1ccc(SCCCC(=O)N(CCCN(C)C)c2nc3ccc(Cl)cc3s2)cc1. The van der Waals surface area contributed by atoms with Crippen molar-refractivity contribution in [3.8, 4) is 0 Å². The second-order valence-electron chi connectivity index (χ2n) is 7.58. The Morgan fingerprint density at radius 1 is 1.10 bits per heavy atom. The van der Waals surface area contributed by atoms with Gasteiger partial charge in [0.25, 0.3) is 0 Å². The lowest BCUT2D eigenvalue weighted by atomic mass is 10.2. The van der Waals surface area contributed by atoms with Gasteiger partial charge in [-0.3, -0.25) is 9.69 Å². The van der Waals surface area contributed by atoms with E-state index in [-0.39, 0.29) is 5.91 Å². The van der Waals surface area contributed by atoms with E-state index in [1.165, 1.54) is 21.8 Å². The Labute approximate surface area is 192 Å². The fourth-order valence-corrected chi connectivity index (χ4v) is 5.19. The molecule has 3 aromatic rings. The zero-order valence-corrected chi connectivity index (χ0v) is 20.1. The van der Waals surface area contributed by atoms with Crippen LogP contribution in [0, 0.1) is 6.92 Å². The van der Waals surface area contributed by atoms with Crippen LogP contribution in [0.15, 0.2) is 47.4 Å². The van der Waals surface area contributed by atoms with Gasteiger partial charge in [0.05, 0.1) is 10.2 Å². The Morgan fingerprint density at radius 2 is 1.87 bits per heavy atom. The highest BCUT2D eigenvalue weighted by molar-refractivity contribution is 7.99. The van der Waals surface area contributed by atoms with Crippen LogP contribution in [-0.4, -0.2) is 48.7 Å². The molecular weight excluding hydrogens is 434 g/mol. The Morgan fingerprint density at radius 3 is 2.60 bits per heavy atom. The fourth-order valence-electron chi connectivity index (χ4n) is 3.06. The first-order valence-corrected chi connectivity index (χ1v) is 12.3. The second-order valence-corrected chi connectivity index (χ2v) is 10.2. The molecule has 30 heavy (non-hydrogen) atoms. The van der Waals surface area contributed by atoms with Gasteiger partial charge in [-0.05, 0) is 76.5 Å². The number of aromatic nitrogens is 1. The molecule has 0 saturated carbocycles. The summed E-state index contributed by atoms with van der Waals surface area (Å²) in [5, 5.41) is 1.46. The molecule has 0 radical (unpaired) electrons. The number of hydrogen-bond acceptors (Lipinski definition) is 5. The van der Waals surface area contributed by atoms with Crippen LogP contribution in [0.2, 0.25) is 5.02 Å². The first kappa shape index (κ1) is 23.1. The third-order valence-corrected chi connectivity index (χ3v) is 7.06. The van der Waals surface area contributed by atoms with Crippen molar-refractivity contribution in [2.75, 3.05) is 37.8 Å². The number of hydrogen-bond donors (Lipinski definition) is 0. The van der Waals surface area contributed by atoms with Crippen LogP contribution in [-0.2, 0) is 4.79 Å². The number of amides is 1. The van der Waals surface area contributed by atoms with Crippen LogP contribution in [0.3, 0.4) is 0 Å². The topological polar surface area (TPSA) is 36.4 Å².